The maximum Gasteiger partial charge on any atom is 0.166 e. The van der Waals surface area contributed by atoms with Gasteiger partial charge >= 0.3 is 0 Å². The van der Waals surface area contributed by atoms with E-state index in [2.05, 4.69) is 47.3 Å². The molecule has 0 aliphatic heterocycles. The van der Waals surface area contributed by atoms with Crippen molar-refractivity contribution in [1.82, 2.24) is 15.3 Å². The molecule has 1 saturated carbocycles. The first-order valence-corrected chi connectivity index (χ1v) is 8.50. The first-order valence-electron chi connectivity index (χ1n) is 7.62. The highest BCUT2D eigenvalue weighted by Gasteiger charge is 2.33. The van der Waals surface area contributed by atoms with Crippen molar-refractivity contribution in [3.63, 3.8) is 0 Å². The summed E-state index contributed by atoms with van der Waals surface area (Å²) in [7, 11) is 0. The van der Waals surface area contributed by atoms with E-state index < -0.39 is 0 Å². The Kier molecular flexibility index (Phi) is 4.32. The summed E-state index contributed by atoms with van der Waals surface area (Å²) in [5.74, 6) is 0.708. The van der Waals surface area contributed by atoms with Crippen LogP contribution in [-0.2, 0) is 0 Å². The number of imidazole rings is 1. The SMILES string of the molecule is CCCNC1CCC(Sc2nc3ccccc3[nH]2)C1C. The van der Waals surface area contributed by atoms with E-state index in [-0.39, 0.29) is 0 Å². The van der Waals surface area contributed by atoms with Gasteiger partial charge in [-0.05, 0) is 43.9 Å². The fourth-order valence-electron chi connectivity index (χ4n) is 3.04. The molecule has 0 amide bonds. The molecule has 2 N–H and O–H groups in total. The highest BCUT2D eigenvalue weighted by Crippen LogP contribution is 2.38. The third-order valence-corrected chi connectivity index (χ3v) is 5.65. The smallest absolute Gasteiger partial charge is 0.166 e. The summed E-state index contributed by atoms with van der Waals surface area (Å²) >= 11 is 1.92. The van der Waals surface area contributed by atoms with E-state index in [1.807, 2.05) is 17.8 Å². The van der Waals surface area contributed by atoms with Crippen LogP contribution >= 0.6 is 11.8 Å². The van der Waals surface area contributed by atoms with E-state index in [9.17, 15) is 0 Å². The second-order valence-electron chi connectivity index (χ2n) is 5.71. The number of para-hydroxylation sites is 2. The molecule has 0 radical (unpaired) electrons. The number of benzene rings is 1. The van der Waals surface area contributed by atoms with Gasteiger partial charge in [0.1, 0.15) is 0 Å². The molecule has 4 heteroatoms. The summed E-state index contributed by atoms with van der Waals surface area (Å²) < 4.78 is 0. The van der Waals surface area contributed by atoms with Gasteiger partial charge in [-0.1, -0.05) is 37.7 Å². The maximum atomic E-state index is 4.68. The van der Waals surface area contributed by atoms with Gasteiger partial charge < -0.3 is 10.3 Å². The first-order chi connectivity index (χ1) is 9.78. The zero-order valence-corrected chi connectivity index (χ0v) is 13.0. The number of fused-ring (bicyclic) bond motifs is 1. The number of aromatic nitrogens is 2. The molecule has 1 heterocycles. The minimum Gasteiger partial charge on any atom is -0.333 e. The Morgan fingerprint density at radius 1 is 1.35 bits per heavy atom. The molecule has 1 fully saturated rings. The number of H-pyrrole nitrogens is 1. The van der Waals surface area contributed by atoms with Gasteiger partial charge in [-0.2, -0.15) is 0 Å². The van der Waals surface area contributed by atoms with Gasteiger partial charge in [0, 0.05) is 11.3 Å². The van der Waals surface area contributed by atoms with Crippen LogP contribution in [-0.4, -0.2) is 27.8 Å². The molecule has 1 aliphatic carbocycles. The molecule has 0 bridgehead atoms. The van der Waals surface area contributed by atoms with E-state index in [0.717, 1.165) is 22.7 Å². The molecule has 1 aliphatic rings. The van der Waals surface area contributed by atoms with Crippen LogP contribution in [0.4, 0.5) is 0 Å². The standard InChI is InChI=1S/C16H23N3S/c1-3-10-17-12-8-9-15(11(12)2)20-16-18-13-6-4-5-7-14(13)19-16/h4-7,11-12,15,17H,3,8-10H2,1-2H3,(H,18,19). The van der Waals surface area contributed by atoms with E-state index in [4.69, 9.17) is 0 Å². The molecular weight excluding hydrogens is 266 g/mol. The van der Waals surface area contributed by atoms with Gasteiger partial charge in [-0.15, -0.1) is 0 Å². The average molecular weight is 289 g/mol. The molecule has 2 aromatic rings. The molecule has 3 nitrogen and oxygen atoms in total. The lowest BCUT2D eigenvalue weighted by Crippen LogP contribution is -2.33. The quantitative estimate of drug-likeness (QED) is 0.879. The van der Waals surface area contributed by atoms with Gasteiger partial charge in [-0.3, -0.25) is 0 Å². The maximum absolute atomic E-state index is 4.68. The van der Waals surface area contributed by atoms with Gasteiger partial charge in [-0.25, -0.2) is 4.98 Å². The predicted octanol–water partition coefficient (Wildman–Crippen LogP) is 3.82. The van der Waals surface area contributed by atoms with Crippen molar-refractivity contribution < 1.29 is 0 Å². The van der Waals surface area contributed by atoms with Crippen LogP contribution in [0.2, 0.25) is 0 Å². The second kappa shape index (κ2) is 6.19. The highest BCUT2D eigenvalue weighted by atomic mass is 32.2. The predicted molar refractivity (Wildman–Crippen MR) is 86.2 cm³/mol. The van der Waals surface area contributed by atoms with Crippen LogP contribution in [0.15, 0.2) is 29.4 Å². The normalized spacial score (nSPS) is 26.4. The van der Waals surface area contributed by atoms with Crippen LogP contribution < -0.4 is 5.32 Å². The number of aromatic amines is 1. The van der Waals surface area contributed by atoms with Crippen molar-refractivity contribution in [1.29, 1.82) is 0 Å². The number of hydrogen-bond donors (Lipinski definition) is 2. The van der Waals surface area contributed by atoms with Crippen LogP contribution in [0.5, 0.6) is 0 Å². The number of thioether (sulfide) groups is 1. The Morgan fingerprint density at radius 3 is 3.00 bits per heavy atom. The molecule has 20 heavy (non-hydrogen) atoms. The summed E-state index contributed by atoms with van der Waals surface area (Å²) in [4.78, 5) is 8.12. The van der Waals surface area contributed by atoms with Gasteiger partial charge in [0.15, 0.2) is 5.16 Å². The Bertz CT molecular complexity index is 533. The molecule has 0 saturated heterocycles. The van der Waals surface area contributed by atoms with E-state index in [1.54, 1.807) is 0 Å². The molecule has 3 atom stereocenters. The molecule has 0 spiro atoms. The van der Waals surface area contributed by atoms with Crippen molar-refractivity contribution in [3.05, 3.63) is 24.3 Å². The summed E-state index contributed by atoms with van der Waals surface area (Å²) in [6.45, 7) is 5.74. The fraction of sp³-hybridized carbons (Fsp3) is 0.562. The fourth-order valence-corrected chi connectivity index (χ4v) is 4.31. The monoisotopic (exact) mass is 289 g/mol. The number of nitrogens with one attached hydrogen (secondary N) is 2. The minimum atomic E-state index is 0.671. The molecule has 3 rings (SSSR count). The van der Waals surface area contributed by atoms with Crippen LogP contribution in [0, 0.1) is 5.92 Å². The summed E-state index contributed by atoms with van der Waals surface area (Å²) in [5.41, 5.74) is 2.21. The number of nitrogens with zero attached hydrogens (tertiary/aromatic N) is 1. The van der Waals surface area contributed by atoms with Gasteiger partial charge in [0.2, 0.25) is 0 Å². The molecule has 1 aromatic heterocycles. The number of hydrogen-bond acceptors (Lipinski definition) is 3. The van der Waals surface area contributed by atoms with E-state index in [1.165, 1.54) is 19.3 Å². The zero-order chi connectivity index (χ0) is 13.9. The largest absolute Gasteiger partial charge is 0.333 e. The lowest BCUT2D eigenvalue weighted by Gasteiger charge is -2.20. The zero-order valence-electron chi connectivity index (χ0n) is 12.2. The second-order valence-corrected chi connectivity index (χ2v) is 6.94. The van der Waals surface area contributed by atoms with Crippen LogP contribution in [0.3, 0.4) is 0 Å². The van der Waals surface area contributed by atoms with Crippen molar-refractivity contribution >= 4 is 22.8 Å². The first kappa shape index (κ1) is 14.0. The van der Waals surface area contributed by atoms with Crippen LogP contribution in [0.25, 0.3) is 11.0 Å². The highest BCUT2D eigenvalue weighted by molar-refractivity contribution is 7.99. The Morgan fingerprint density at radius 2 is 2.20 bits per heavy atom. The van der Waals surface area contributed by atoms with E-state index in [0.29, 0.717) is 17.2 Å². The average Bonchev–Trinajstić information content (AvgIpc) is 3.01. The van der Waals surface area contributed by atoms with Crippen molar-refractivity contribution in [2.24, 2.45) is 5.92 Å². The Balaban J connectivity index is 1.66. The third-order valence-electron chi connectivity index (χ3n) is 4.27. The van der Waals surface area contributed by atoms with Crippen molar-refractivity contribution in [2.45, 2.75) is 49.6 Å². The minimum absolute atomic E-state index is 0.671. The van der Waals surface area contributed by atoms with Crippen LogP contribution in [0.1, 0.15) is 33.1 Å². The molecule has 108 valence electrons. The summed E-state index contributed by atoms with van der Waals surface area (Å²) in [5, 5.41) is 5.42. The Labute approximate surface area is 124 Å². The summed E-state index contributed by atoms with van der Waals surface area (Å²) in [6.07, 6.45) is 3.79. The topological polar surface area (TPSA) is 40.7 Å². The Hall–Kier alpha value is -1.00. The summed E-state index contributed by atoms with van der Waals surface area (Å²) in [6, 6.07) is 8.94. The molecule has 3 unspecified atom stereocenters. The van der Waals surface area contributed by atoms with Gasteiger partial charge in [0.05, 0.1) is 11.0 Å². The van der Waals surface area contributed by atoms with E-state index >= 15 is 0 Å². The number of rotatable bonds is 5. The lowest BCUT2D eigenvalue weighted by atomic mass is 10.1. The molecule has 1 aromatic carbocycles. The third kappa shape index (κ3) is 2.86. The van der Waals surface area contributed by atoms with Gasteiger partial charge in [0.25, 0.3) is 0 Å². The molecular formula is C16H23N3S. The van der Waals surface area contributed by atoms with Crippen molar-refractivity contribution in [3.8, 4) is 0 Å². The lowest BCUT2D eigenvalue weighted by molar-refractivity contribution is 0.431. The van der Waals surface area contributed by atoms with Crippen molar-refractivity contribution in [2.75, 3.05) is 6.54 Å².